The summed E-state index contributed by atoms with van der Waals surface area (Å²) in [5.74, 6) is -0.0486. The molecule has 0 unspecified atom stereocenters. The van der Waals surface area contributed by atoms with Gasteiger partial charge in [0.2, 0.25) is 5.75 Å². The number of hydrazone groups is 1. The van der Waals surface area contributed by atoms with Crippen LogP contribution in [0.3, 0.4) is 0 Å². The van der Waals surface area contributed by atoms with E-state index in [9.17, 15) is 25.0 Å². The minimum atomic E-state index is -0.775. The lowest BCUT2D eigenvalue weighted by Crippen LogP contribution is -2.18. The Morgan fingerprint density at radius 3 is 2.37 bits per heavy atom. The summed E-state index contributed by atoms with van der Waals surface area (Å²) in [5.41, 5.74) is 2.87. The summed E-state index contributed by atoms with van der Waals surface area (Å²) in [6.07, 6.45) is 1.37. The van der Waals surface area contributed by atoms with Crippen molar-refractivity contribution in [3.8, 4) is 23.0 Å². The molecule has 0 saturated heterocycles. The van der Waals surface area contributed by atoms with Gasteiger partial charge < -0.3 is 14.2 Å². The zero-order chi connectivity index (χ0) is 30.9. The van der Waals surface area contributed by atoms with Gasteiger partial charge in [-0.2, -0.15) is 5.10 Å². The first-order chi connectivity index (χ1) is 20.7. The molecule has 1 amide bonds. The molecule has 0 saturated carbocycles. The van der Waals surface area contributed by atoms with Gasteiger partial charge in [0.05, 0.1) is 34.3 Å². The molecule has 0 atom stereocenters. The van der Waals surface area contributed by atoms with Gasteiger partial charge in [-0.3, -0.25) is 25.0 Å². The fourth-order valence-electron chi connectivity index (χ4n) is 3.72. The average Bonchev–Trinajstić information content (AvgIpc) is 2.98. The van der Waals surface area contributed by atoms with Crippen molar-refractivity contribution in [1.29, 1.82) is 0 Å². The number of rotatable bonds is 12. The number of ether oxygens (including phenoxy) is 3. The zero-order valence-corrected chi connectivity index (χ0v) is 23.9. The molecule has 14 heteroatoms. The van der Waals surface area contributed by atoms with E-state index in [1.807, 2.05) is 0 Å². The fraction of sp³-hybridized carbons (Fsp3) is 0.103. The molecule has 4 aromatic carbocycles. The van der Waals surface area contributed by atoms with Crippen molar-refractivity contribution in [1.82, 2.24) is 5.43 Å². The minimum Gasteiger partial charge on any atom is -0.490 e. The molecule has 0 spiro atoms. The third kappa shape index (κ3) is 7.97. The molecule has 0 heterocycles. The minimum absolute atomic E-state index is 0.112. The van der Waals surface area contributed by atoms with Crippen LogP contribution in [-0.2, 0) is 6.61 Å². The van der Waals surface area contributed by atoms with Crippen molar-refractivity contribution in [2.24, 2.45) is 5.10 Å². The van der Waals surface area contributed by atoms with Crippen LogP contribution in [0.4, 0.5) is 11.4 Å². The SMILES string of the molecule is CCOc1cc(/C=N/NC(=O)c2ccccc2OCc2ccc(Cl)cc2Cl)ccc1Oc1ccc([N+](=O)[O-])cc1[N+](=O)[O-]. The summed E-state index contributed by atoms with van der Waals surface area (Å²) in [6.45, 7) is 2.09. The maximum atomic E-state index is 12.9. The van der Waals surface area contributed by atoms with Gasteiger partial charge in [-0.05, 0) is 61.0 Å². The normalized spacial score (nSPS) is 10.8. The standard InChI is InChI=1S/C29H22Cl2N4O8/c1-2-41-28-13-18(7-11-27(28)43-26-12-10-21(34(37)38)15-24(26)35(39)40)16-32-33-29(36)22-5-3-4-6-25(22)42-17-19-8-9-20(30)14-23(19)31/h3-16H,2,17H2,1H3,(H,33,36)/b32-16+. The lowest BCUT2D eigenvalue weighted by molar-refractivity contribution is -0.394. The van der Waals surface area contributed by atoms with E-state index >= 15 is 0 Å². The van der Waals surface area contributed by atoms with Gasteiger partial charge >= 0.3 is 5.69 Å². The number of hydrogen-bond acceptors (Lipinski definition) is 9. The van der Waals surface area contributed by atoms with Crippen molar-refractivity contribution in [3.05, 3.63) is 126 Å². The fourth-order valence-corrected chi connectivity index (χ4v) is 4.19. The van der Waals surface area contributed by atoms with Crippen molar-refractivity contribution < 1.29 is 28.9 Å². The van der Waals surface area contributed by atoms with E-state index < -0.39 is 27.1 Å². The number of halogens is 2. The van der Waals surface area contributed by atoms with Crippen LogP contribution < -0.4 is 19.6 Å². The predicted octanol–water partition coefficient (Wildman–Crippen LogP) is 7.34. The Bertz CT molecular complexity index is 1710. The zero-order valence-electron chi connectivity index (χ0n) is 22.4. The van der Waals surface area contributed by atoms with E-state index in [1.54, 1.807) is 61.5 Å². The lowest BCUT2D eigenvalue weighted by atomic mass is 10.2. The molecule has 0 bridgehead atoms. The van der Waals surface area contributed by atoms with Gasteiger partial charge in [0, 0.05) is 21.7 Å². The Hall–Kier alpha value is -5.20. The molecular formula is C29H22Cl2N4O8. The third-order valence-electron chi connectivity index (χ3n) is 5.75. The number of nitrogens with zero attached hydrogens (tertiary/aromatic N) is 3. The van der Waals surface area contributed by atoms with Crippen molar-refractivity contribution in [2.75, 3.05) is 6.61 Å². The van der Waals surface area contributed by atoms with Crippen LogP contribution in [0.5, 0.6) is 23.0 Å². The van der Waals surface area contributed by atoms with Gasteiger partial charge in [-0.15, -0.1) is 0 Å². The monoisotopic (exact) mass is 624 g/mol. The molecule has 0 aromatic heterocycles. The molecule has 0 aliphatic rings. The number of amides is 1. The highest BCUT2D eigenvalue weighted by molar-refractivity contribution is 6.35. The summed E-state index contributed by atoms with van der Waals surface area (Å²) in [5, 5.41) is 27.4. The van der Waals surface area contributed by atoms with Gasteiger partial charge in [-0.1, -0.05) is 41.4 Å². The van der Waals surface area contributed by atoms with Gasteiger partial charge in [0.15, 0.2) is 11.5 Å². The summed E-state index contributed by atoms with van der Waals surface area (Å²) < 4.78 is 17.1. The largest absolute Gasteiger partial charge is 0.490 e. The van der Waals surface area contributed by atoms with Gasteiger partial charge in [-0.25, -0.2) is 5.43 Å². The summed E-state index contributed by atoms with van der Waals surface area (Å²) in [4.78, 5) is 33.9. The van der Waals surface area contributed by atoms with Crippen LogP contribution in [0.1, 0.15) is 28.4 Å². The first kappa shape index (κ1) is 30.8. The lowest BCUT2D eigenvalue weighted by Gasteiger charge is -2.12. The summed E-state index contributed by atoms with van der Waals surface area (Å²) in [7, 11) is 0. The molecule has 1 N–H and O–H groups in total. The molecule has 12 nitrogen and oxygen atoms in total. The number of nitro groups is 2. The quantitative estimate of drug-likeness (QED) is 0.0974. The average molecular weight is 625 g/mol. The highest BCUT2D eigenvalue weighted by Crippen LogP contribution is 2.38. The second-order valence-electron chi connectivity index (χ2n) is 8.63. The van der Waals surface area contributed by atoms with Crippen LogP contribution in [0.25, 0.3) is 0 Å². The molecule has 0 aliphatic carbocycles. The molecule has 4 aromatic rings. The first-order valence-corrected chi connectivity index (χ1v) is 13.3. The number of benzene rings is 4. The Morgan fingerprint density at radius 1 is 0.884 bits per heavy atom. The van der Waals surface area contributed by atoms with Crippen LogP contribution in [0.15, 0.2) is 84.0 Å². The Morgan fingerprint density at radius 2 is 1.65 bits per heavy atom. The van der Waals surface area contributed by atoms with Crippen molar-refractivity contribution in [2.45, 2.75) is 13.5 Å². The van der Waals surface area contributed by atoms with E-state index in [-0.39, 0.29) is 36.0 Å². The Labute approximate surface area is 254 Å². The van der Waals surface area contributed by atoms with Crippen LogP contribution >= 0.6 is 23.2 Å². The maximum Gasteiger partial charge on any atom is 0.318 e. The molecule has 43 heavy (non-hydrogen) atoms. The number of para-hydroxylation sites is 1. The van der Waals surface area contributed by atoms with Crippen molar-refractivity contribution >= 4 is 46.7 Å². The molecular weight excluding hydrogens is 603 g/mol. The second kappa shape index (κ2) is 14.1. The van der Waals surface area contributed by atoms with Crippen LogP contribution in [0.2, 0.25) is 10.0 Å². The van der Waals surface area contributed by atoms with E-state index in [0.717, 1.165) is 18.2 Å². The smallest absolute Gasteiger partial charge is 0.318 e. The Balaban J connectivity index is 1.47. The first-order valence-electron chi connectivity index (χ1n) is 12.5. The highest BCUT2D eigenvalue weighted by Gasteiger charge is 2.22. The van der Waals surface area contributed by atoms with Gasteiger partial charge in [0.25, 0.3) is 11.6 Å². The molecule has 0 radical (unpaired) electrons. The maximum absolute atomic E-state index is 12.9. The molecule has 4 rings (SSSR count). The predicted molar refractivity (Wildman–Crippen MR) is 160 cm³/mol. The third-order valence-corrected chi connectivity index (χ3v) is 6.33. The van der Waals surface area contributed by atoms with Crippen LogP contribution in [0, 0.1) is 20.2 Å². The van der Waals surface area contributed by atoms with E-state index in [0.29, 0.717) is 26.9 Å². The number of non-ortho nitro benzene ring substituents is 1. The molecule has 220 valence electrons. The van der Waals surface area contributed by atoms with Crippen molar-refractivity contribution in [3.63, 3.8) is 0 Å². The van der Waals surface area contributed by atoms with Crippen LogP contribution in [-0.4, -0.2) is 28.6 Å². The summed E-state index contributed by atoms with van der Waals surface area (Å²) in [6, 6.07) is 19.3. The molecule has 0 fully saturated rings. The number of nitrogens with one attached hydrogen (secondary N) is 1. The molecule has 0 aliphatic heterocycles. The van der Waals surface area contributed by atoms with Gasteiger partial charge in [0.1, 0.15) is 12.4 Å². The highest BCUT2D eigenvalue weighted by atomic mass is 35.5. The number of carbonyl (C=O) groups excluding carboxylic acids is 1. The number of hydrogen-bond donors (Lipinski definition) is 1. The topological polar surface area (TPSA) is 155 Å². The van der Waals surface area contributed by atoms with E-state index in [4.69, 9.17) is 37.4 Å². The van der Waals surface area contributed by atoms with E-state index in [1.165, 1.54) is 12.3 Å². The number of carbonyl (C=O) groups is 1. The second-order valence-corrected chi connectivity index (χ2v) is 9.47. The van der Waals surface area contributed by atoms with E-state index in [2.05, 4.69) is 10.5 Å². The summed E-state index contributed by atoms with van der Waals surface area (Å²) >= 11 is 12.2. The Kier molecular flexibility index (Phi) is 10.1. The number of nitro benzene ring substituents is 2.